The highest BCUT2D eigenvalue weighted by atomic mass is 16.5. The van der Waals surface area contributed by atoms with Crippen LogP contribution in [0.15, 0.2) is 30.5 Å². The van der Waals surface area contributed by atoms with Gasteiger partial charge in [-0.15, -0.1) is 5.10 Å². The van der Waals surface area contributed by atoms with Gasteiger partial charge in [0.1, 0.15) is 0 Å². The highest BCUT2D eigenvalue weighted by Gasteiger charge is 2.41. The van der Waals surface area contributed by atoms with E-state index in [1.807, 2.05) is 31.4 Å². The molecule has 4 heterocycles. The summed E-state index contributed by atoms with van der Waals surface area (Å²) in [6.07, 6.45) is 6.78. The molecule has 2 saturated heterocycles. The molecule has 3 fully saturated rings. The van der Waals surface area contributed by atoms with E-state index in [0.29, 0.717) is 29.2 Å². The predicted molar refractivity (Wildman–Crippen MR) is 132 cm³/mol. The summed E-state index contributed by atoms with van der Waals surface area (Å²) in [6.45, 7) is 13.1. The standard InChI is InChI=1S/C26H31N7O/c1-27-25-11-24(18-5-6-23-21(8-18)13-32(2)31-23)29-30-26(25)28-22-9-19-14-33(15-20(19)10-22)12-17-4-3-7-34-16-17/h5-6,8,11,13,17,19-20,22H,3-4,7,9-10,12,14-16H2,2H3,(H,28,30)/t17?,19-,20+,22?. The molecule has 6 rings (SSSR count). The fourth-order valence-electron chi connectivity index (χ4n) is 6.19. The number of hydrogen-bond acceptors (Lipinski definition) is 6. The molecule has 1 N–H and O–H groups in total. The lowest BCUT2D eigenvalue weighted by Crippen LogP contribution is -2.33. The first-order chi connectivity index (χ1) is 16.6. The molecule has 1 saturated carbocycles. The number of aromatic nitrogens is 4. The molecule has 1 aromatic carbocycles. The number of aryl methyl sites for hydroxylation is 1. The average molecular weight is 458 g/mol. The molecule has 0 amide bonds. The minimum Gasteiger partial charge on any atom is -0.381 e. The molecule has 176 valence electrons. The third kappa shape index (κ3) is 4.26. The van der Waals surface area contributed by atoms with Gasteiger partial charge in [-0.25, -0.2) is 4.85 Å². The monoisotopic (exact) mass is 457 g/mol. The number of likely N-dealkylation sites (tertiary alicyclic amines) is 1. The highest BCUT2D eigenvalue weighted by molar-refractivity contribution is 5.84. The summed E-state index contributed by atoms with van der Waals surface area (Å²) < 4.78 is 7.47. The van der Waals surface area contributed by atoms with Gasteiger partial charge in [0.25, 0.3) is 0 Å². The second kappa shape index (κ2) is 8.97. The van der Waals surface area contributed by atoms with Gasteiger partial charge < -0.3 is 15.0 Å². The summed E-state index contributed by atoms with van der Waals surface area (Å²) in [6, 6.07) is 8.24. The second-order valence-electron chi connectivity index (χ2n) is 10.3. The molecule has 8 heteroatoms. The zero-order valence-corrected chi connectivity index (χ0v) is 19.7. The lowest BCUT2D eigenvalue weighted by Gasteiger charge is -2.27. The Hall–Kier alpha value is -3.02. The number of nitrogens with zero attached hydrogens (tertiary/aromatic N) is 6. The summed E-state index contributed by atoms with van der Waals surface area (Å²) in [4.78, 5) is 6.42. The summed E-state index contributed by atoms with van der Waals surface area (Å²) in [5.74, 6) is 2.78. The molecule has 34 heavy (non-hydrogen) atoms. The van der Waals surface area contributed by atoms with Gasteiger partial charge in [-0.2, -0.15) is 10.2 Å². The normalized spacial score (nSPS) is 27.1. The van der Waals surface area contributed by atoms with Gasteiger partial charge in [-0.05, 0) is 61.6 Å². The van der Waals surface area contributed by atoms with Crippen molar-refractivity contribution in [2.24, 2.45) is 24.8 Å². The van der Waals surface area contributed by atoms with E-state index < -0.39 is 0 Å². The van der Waals surface area contributed by atoms with Crippen LogP contribution < -0.4 is 5.32 Å². The van der Waals surface area contributed by atoms with Gasteiger partial charge in [0.05, 0.1) is 24.4 Å². The van der Waals surface area contributed by atoms with Gasteiger partial charge in [-0.3, -0.25) is 4.68 Å². The Labute approximate surface area is 200 Å². The molecule has 0 bridgehead atoms. The number of ether oxygens (including phenoxy) is 1. The number of fused-ring (bicyclic) bond motifs is 2. The summed E-state index contributed by atoms with van der Waals surface area (Å²) in [7, 11) is 1.91. The zero-order chi connectivity index (χ0) is 23.1. The molecule has 3 aromatic rings. The molecule has 0 radical (unpaired) electrons. The number of anilines is 1. The number of hydrogen-bond donors (Lipinski definition) is 1. The van der Waals surface area contributed by atoms with Gasteiger partial charge in [0, 0.05) is 56.5 Å². The molecule has 0 spiro atoms. The van der Waals surface area contributed by atoms with Crippen LogP contribution in [0.4, 0.5) is 11.5 Å². The van der Waals surface area contributed by atoms with E-state index in [-0.39, 0.29) is 0 Å². The van der Waals surface area contributed by atoms with Crippen LogP contribution in [0.3, 0.4) is 0 Å². The second-order valence-corrected chi connectivity index (χ2v) is 10.3. The van der Waals surface area contributed by atoms with Crippen molar-refractivity contribution in [3.63, 3.8) is 0 Å². The van der Waals surface area contributed by atoms with E-state index in [4.69, 9.17) is 11.3 Å². The first-order valence-electron chi connectivity index (χ1n) is 12.4. The predicted octanol–water partition coefficient (Wildman–Crippen LogP) is 4.13. The lowest BCUT2D eigenvalue weighted by atomic mass is 10.0. The molecule has 2 aliphatic heterocycles. The molecule has 4 atom stereocenters. The van der Waals surface area contributed by atoms with Crippen LogP contribution in [-0.4, -0.2) is 63.8 Å². The van der Waals surface area contributed by atoms with Gasteiger partial charge >= 0.3 is 0 Å². The van der Waals surface area contributed by atoms with Crippen molar-refractivity contribution < 1.29 is 4.74 Å². The quantitative estimate of drug-likeness (QED) is 0.581. The SMILES string of the molecule is [C-]#[N+]c1cc(-c2ccc3nn(C)cc3c2)nnc1NC1C[C@@H]2CN(CC3CCCOC3)C[C@@H]2C1. The van der Waals surface area contributed by atoms with Crippen LogP contribution in [0.5, 0.6) is 0 Å². The summed E-state index contributed by atoms with van der Waals surface area (Å²) in [5, 5.41) is 17.9. The molecular formula is C26H31N7O. The molecule has 8 nitrogen and oxygen atoms in total. The van der Waals surface area contributed by atoms with E-state index in [2.05, 4.69) is 36.4 Å². The van der Waals surface area contributed by atoms with Gasteiger partial charge in [0.15, 0.2) is 5.82 Å². The van der Waals surface area contributed by atoms with E-state index in [1.54, 1.807) is 4.68 Å². The highest BCUT2D eigenvalue weighted by Crippen LogP contribution is 2.40. The van der Waals surface area contributed by atoms with Gasteiger partial charge in [0.2, 0.25) is 5.69 Å². The molecule has 3 aliphatic rings. The van der Waals surface area contributed by atoms with Crippen LogP contribution in [0.25, 0.3) is 27.0 Å². The number of rotatable bonds is 5. The smallest absolute Gasteiger partial charge is 0.232 e. The van der Waals surface area contributed by atoms with Crippen molar-refractivity contribution >= 4 is 22.4 Å². The summed E-state index contributed by atoms with van der Waals surface area (Å²) >= 11 is 0. The van der Waals surface area contributed by atoms with Gasteiger partial charge in [-0.1, -0.05) is 6.07 Å². The molecule has 1 aliphatic carbocycles. The Morgan fingerprint density at radius 2 is 2.03 bits per heavy atom. The third-order valence-corrected chi connectivity index (χ3v) is 7.75. The number of benzene rings is 1. The van der Waals surface area contributed by atoms with Crippen molar-refractivity contribution in [2.75, 3.05) is 38.2 Å². The van der Waals surface area contributed by atoms with Crippen LogP contribution in [0.2, 0.25) is 0 Å². The zero-order valence-electron chi connectivity index (χ0n) is 19.7. The Morgan fingerprint density at radius 1 is 1.18 bits per heavy atom. The maximum Gasteiger partial charge on any atom is 0.232 e. The van der Waals surface area contributed by atoms with E-state index in [9.17, 15) is 0 Å². The fourth-order valence-corrected chi connectivity index (χ4v) is 6.19. The molecule has 2 aromatic heterocycles. The third-order valence-electron chi connectivity index (χ3n) is 7.75. The first-order valence-corrected chi connectivity index (χ1v) is 12.4. The Kier molecular flexibility index (Phi) is 5.67. The van der Waals surface area contributed by atoms with Crippen molar-refractivity contribution in [3.05, 3.63) is 41.9 Å². The van der Waals surface area contributed by atoms with Crippen molar-refractivity contribution in [2.45, 2.75) is 31.7 Å². The number of nitrogens with one attached hydrogen (secondary N) is 1. The summed E-state index contributed by atoms with van der Waals surface area (Å²) in [5.41, 5.74) is 3.14. The fraction of sp³-hybridized carbons (Fsp3) is 0.538. The molecule has 2 unspecified atom stereocenters. The van der Waals surface area contributed by atoms with E-state index in [0.717, 1.165) is 54.4 Å². The Balaban J connectivity index is 1.10. The van der Waals surface area contributed by atoms with Crippen molar-refractivity contribution in [1.29, 1.82) is 0 Å². The van der Waals surface area contributed by atoms with Crippen LogP contribution in [0, 0.1) is 24.3 Å². The van der Waals surface area contributed by atoms with E-state index in [1.165, 1.54) is 32.5 Å². The van der Waals surface area contributed by atoms with Crippen molar-refractivity contribution in [1.82, 2.24) is 24.9 Å². The van der Waals surface area contributed by atoms with E-state index >= 15 is 0 Å². The maximum atomic E-state index is 7.71. The Morgan fingerprint density at radius 3 is 2.79 bits per heavy atom. The van der Waals surface area contributed by atoms with Crippen molar-refractivity contribution in [3.8, 4) is 11.3 Å². The van der Waals surface area contributed by atoms with Crippen LogP contribution in [-0.2, 0) is 11.8 Å². The Bertz CT molecular complexity index is 1210. The topological polar surface area (TPSA) is 72.5 Å². The minimum absolute atomic E-state index is 0.363. The minimum atomic E-state index is 0.363. The largest absolute Gasteiger partial charge is 0.381 e. The van der Waals surface area contributed by atoms with Crippen LogP contribution >= 0.6 is 0 Å². The average Bonchev–Trinajstić information content (AvgIpc) is 3.51. The maximum absolute atomic E-state index is 7.71. The van der Waals surface area contributed by atoms with Crippen LogP contribution in [0.1, 0.15) is 25.7 Å². The molecular weight excluding hydrogens is 426 g/mol. The lowest BCUT2D eigenvalue weighted by molar-refractivity contribution is 0.0407. The first kappa shape index (κ1) is 21.5.